The molecule has 0 aliphatic carbocycles. The molecule has 2 atom stereocenters. The maximum absolute atomic E-state index is 9.46. The average Bonchev–Trinajstić information content (AvgIpc) is 2.75. The molecule has 16 heavy (non-hydrogen) atoms. The van der Waals surface area contributed by atoms with Crippen LogP contribution >= 0.6 is 0 Å². The van der Waals surface area contributed by atoms with Gasteiger partial charge in [0.15, 0.2) is 0 Å². The Labute approximate surface area is 95.3 Å². The van der Waals surface area contributed by atoms with Crippen LogP contribution in [0.25, 0.3) is 0 Å². The van der Waals surface area contributed by atoms with Gasteiger partial charge in [0.25, 0.3) is 0 Å². The van der Waals surface area contributed by atoms with Gasteiger partial charge in [-0.2, -0.15) is 0 Å². The van der Waals surface area contributed by atoms with Gasteiger partial charge in [0.05, 0.1) is 24.2 Å². The van der Waals surface area contributed by atoms with E-state index in [1.54, 1.807) is 0 Å². The number of β-amino-alcohol motifs (C(OH)–C–C–N with tert-alkyl or cyclic N) is 2. The lowest BCUT2D eigenvalue weighted by molar-refractivity contribution is 0.0572. The van der Waals surface area contributed by atoms with Gasteiger partial charge >= 0.3 is 0 Å². The molecule has 0 bridgehead atoms. The highest BCUT2D eigenvalue weighted by Crippen LogP contribution is 2.16. The van der Waals surface area contributed by atoms with Gasteiger partial charge in [-0.25, -0.2) is 4.98 Å². The summed E-state index contributed by atoms with van der Waals surface area (Å²) < 4.78 is 2.11. The van der Waals surface area contributed by atoms with E-state index in [1.165, 1.54) is 0 Å². The summed E-state index contributed by atoms with van der Waals surface area (Å²) in [5.41, 5.74) is 1.12. The summed E-state index contributed by atoms with van der Waals surface area (Å²) in [6, 6.07) is 0.384. The van der Waals surface area contributed by atoms with Gasteiger partial charge in [0.2, 0.25) is 0 Å². The van der Waals surface area contributed by atoms with Crippen LogP contribution in [0.2, 0.25) is 0 Å². The van der Waals surface area contributed by atoms with Crippen molar-refractivity contribution in [2.24, 2.45) is 0 Å². The molecule has 2 unspecified atom stereocenters. The molecule has 0 aromatic carbocycles. The van der Waals surface area contributed by atoms with E-state index in [2.05, 4.69) is 23.4 Å². The maximum atomic E-state index is 9.46. The number of hydrogen-bond donors (Lipinski definition) is 2. The number of likely N-dealkylation sites (tertiary alicyclic amines) is 1. The quantitative estimate of drug-likeness (QED) is 0.760. The Bertz CT molecular complexity index is 341. The molecule has 0 spiro atoms. The van der Waals surface area contributed by atoms with Gasteiger partial charge in [-0.05, 0) is 13.8 Å². The smallest absolute Gasteiger partial charge is 0.0951 e. The van der Waals surface area contributed by atoms with Gasteiger partial charge in [-0.1, -0.05) is 0 Å². The number of aliphatic hydroxyl groups is 2. The van der Waals surface area contributed by atoms with Crippen LogP contribution in [-0.4, -0.2) is 50.0 Å². The fraction of sp³-hybridized carbons (Fsp3) is 0.727. The molecule has 1 aromatic heterocycles. The number of rotatable bonds is 3. The molecule has 90 valence electrons. The monoisotopic (exact) mass is 225 g/mol. The first-order chi connectivity index (χ1) is 7.58. The van der Waals surface area contributed by atoms with E-state index in [0.717, 1.165) is 12.2 Å². The van der Waals surface area contributed by atoms with Crippen molar-refractivity contribution < 1.29 is 10.2 Å². The van der Waals surface area contributed by atoms with Crippen LogP contribution < -0.4 is 0 Å². The van der Waals surface area contributed by atoms with Crippen molar-refractivity contribution >= 4 is 0 Å². The van der Waals surface area contributed by atoms with Crippen molar-refractivity contribution in [3.05, 3.63) is 18.2 Å². The third-order valence-electron chi connectivity index (χ3n) is 3.02. The van der Waals surface area contributed by atoms with Crippen molar-refractivity contribution in [1.82, 2.24) is 14.5 Å². The van der Waals surface area contributed by atoms with Crippen LogP contribution in [0.1, 0.15) is 25.6 Å². The van der Waals surface area contributed by atoms with E-state index in [4.69, 9.17) is 0 Å². The second-order valence-electron chi connectivity index (χ2n) is 4.71. The molecule has 0 saturated carbocycles. The molecular weight excluding hydrogens is 206 g/mol. The Morgan fingerprint density at radius 2 is 2.00 bits per heavy atom. The van der Waals surface area contributed by atoms with Crippen molar-refractivity contribution in [2.75, 3.05) is 13.1 Å². The normalized spacial score (nSPS) is 26.8. The fourth-order valence-electron chi connectivity index (χ4n) is 2.12. The average molecular weight is 225 g/mol. The molecular formula is C11H19N3O2. The lowest BCUT2D eigenvalue weighted by Gasteiger charge is -2.17. The second-order valence-corrected chi connectivity index (χ2v) is 4.71. The molecule has 2 rings (SSSR count). The van der Waals surface area contributed by atoms with Crippen LogP contribution in [0.15, 0.2) is 12.5 Å². The molecule has 2 N–H and O–H groups in total. The Kier molecular flexibility index (Phi) is 3.28. The SMILES string of the molecule is CC(C)n1cncc1CN1CC(O)C(O)C1. The van der Waals surface area contributed by atoms with Gasteiger partial charge in [0.1, 0.15) is 0 Å². The molecule has 5 nitrogen and oxygen atoms in total. The summed E-state index contributed by atoms with van der Waals surface area (Å²) in [6.07, 6.45) is 2.44. The lowest BCUT2D eigenvalue weighted by Crippen LogP contribution is -2.23. The summed E-state index contributed by atoms with van der Waals surface area (Å²) in [6.45, 7) is 6.01. The van der Waals surface area contributed by atoms with Crippen LogP contribution in [0.3, 0.4) is 0 Å². The minimum Gasteiger partial charge on any atom is -0.389 e. The van der Waals surface area contributed by atoms with Crippen LogP contribution in [0, 0.1) is 0 Å². The summed E-state index contributed by atoms with van der Waals surface area (Å²) in [5, 5.41) is 18.9. The molecule has 1 aromatic rings. The summed E-state index contributed by atoms with van der Waals surface area (Å²) in [4.78, 5) is 6.18. The second kappa shape index (κ2) is 4.53. The first kappa shape index (κ1) is 11.6. The van der Waals surface area contributed by atoms with Crippen molar-refractivity contribution in [1.29, 1.82) is 0 Å². The number of aromatic nitrogens is 2. The summed E-state index contributed by atoms with van der Waals surface area (Å²) in [7, 11) is 0. The fourth-order valence-corrected chi connectivity index (χ4v) is 2.12. The molecule has 2 heterocycles. The molecule has 0 amide bonds. The van der Waals surface area contributed by atoms with Gasteiger partial charge in [0, 0.05) is 31.9 Å². The number of hydrogen-bond acceptors (Lipinski definition) is 4. The molecule has 1 aliphatic rings. The predicted octanol–water partition coefficient (Wildman–Crippen LogP) is 0.00140. The zero-order valence-corrected chi connectivity index (χ0v) is 9.74. The largest absolute Gasteiger partial charge is 0.389 e. The highest BCUT2D eigenvalue weighted by Gasteiger charge is 2.29. The standard InChI is InChI=1S/C11H19N3O2/c1-8(2)14-7-12-3-9(14)4-13-5-10(15)11(16)6-13/h3,7-8,10-11,15-16H,4-6H2,1-2H3. The van der Waals surface area contributed by atoms with E-state index < -0.39 is 12.2 Å². The zero-order valence-electron chi connectivity index (χ0n) is 9.74. The Morgan fingerprint density at radius 1 is 1.38 bits per heavy atom. The highest BCUT2D eigenvalue weighted by atomic mass is 16.3. The van der Waals surface area contributed by atoms with E-state index >= 15 is 0 Å². The topological polar surface area (TPSA) is 61.5 Å². The molecule has 0 radical (unpaired) electrons. The van der Waals surface area contributed by atoms with Crippen molar-refractivity contribution in [2.45, 2.75) is 38.6 Å². The maximum Gasteiger partial charge on any atom is 0.0951 e. The lowest BCUT2D eigenvalue weighted by atomic mass is 10.3. The Balaban J connectivity index is 2.02. The van der Waals surface area contributed by atoms with Crippen LogP contribution in [0.4, 0.5) is 0 Å². The van der Waals surface area contributed by atoms with Crippen LogP contribution in [-0.2, 0) is 6.54 Å². The highest BCUT2D eigenvalue weighted by molar-refractivity contribution is 5.01. The number of aliphatic hydroxyl groups excluding tert-OH is 2. The van der Waals surface area contributed by atoms with Crippen molar-refractivity contribution in [3.63, 3.8) is 0 Å². The minimum absolute atomic E-state index is 0.384. The predicted molar refractivity (Wildman–Crippen MR) is 59.9 cm³/mol. The van der Waals surface area contributed by atoms with E-state index in [0.29, 0.717) is 19.1 Å². The molecule has 1 fully saturated rings. The minimum atomic E-state index is -0.615. The number of imidazole rings is 1. The Hall–Kier alpha value is -0.910. The van der Waals surface area contributed by atoms with Crippen LogP contribution in [0.5, 0.6) is 0 Å². The number of nitrogens with zero attached hydrogens (tertiary/aromatic N) is 3. The third kappa shape index (κ3) is 2.26. The first-order valence-electron chi connectivity index (χ1n) is 5.67. The summed E-state index contributed by atoms with van der Waals surface area (Å²) in [5.74, 6) is 0. The zero-order chi connectivity index (χ0) is 11.7. The van der Waals surface area contributed by atoms with Gasteiger partial charge in [-0.15, -0.1) is 0 Å². The van der Waals surface area contributed by atoms with Crippen molar-refractivity contribution in [3.8, 4) is 0 Å². The summed E-state index contributed by atoms with van der Waals surface area (Å²) >= 11 is 0. The first-order valence-corrected chi connectivity index (χ1v) is 5.67. The third-order valence-corrected chi connectivity index (χ3v) is 3.02. The molecule has 5 heteroatoms. The van der Waals surface area contributed by atoms with Gasteiger partial charge in [-0.3, -0.25) is 4.90 Å². The molecule has 1 saturated heterocycles. The van der Waals surface area contributed by atoms with E-state index in [1.807, 2.05) is 17.4 Å². The van der Waals surface area contributed by atoms with E-state index in [9.17, 15) is 10.2 Å². The van der Waals surface area contributed by atoms with Gasteiger partial charge < -0.3 is 14.8 Å². The Morgan fingerprint density at radius 3 is 2.56 bits per heavy atom. The van der Waals surface area contributed by atoms with E-state index in [-0.39, 0.29) is 0 Å². The molecule has 1 aliphatic heterocycles.